The Labute approximate surface area is 118 Å². The fraction of sp³-hybridized carbons (Fsp3) is 0.267. The van der Waals surface area contributed by atoms with E-state index < -0.39 is 0 Å². The summed E-state index contributed by atoms with van der Waals surface area (Å²) in [5.74, 6) is 0. The van der Waals surface area contributed by atoms with Crippen LogP contribution < -0.4 is 0 Å². The number of rotatable bonds is 6. The van der Waals surface area contributed by atoms with Crippen LogP contribution in [0.3, 0.4) is 0 Å². The van der Waals surface area contributed by atoms with Gasteiger partial charge in [-0.05, 0) is 11.6 Å². The second-order valence-electron chi connectivity index (χ2n) is 4.37. The van der Waals surface area contributed by atoms with Gasteiger partial charge in [0, 0.05) is 31.4 Å². The third-order valence-corrected chi connectivity index (χ3v) is 3.24. The molecule has 2 aromatic rings. The Hall–Kier alpha value is -1.42. The summed E-state index contributed by atoms with van der Waals surface area (Å²) >= 11 is 6.07. The molecule has 0 aliphatic carbocycles. The predicted molar refractivity (Wildman–Crippen MR) is 76.9 cm³/mol. The number of aliphatic hydroxyl groups excluding tert-OH is 1. The maximum absolute atomic E-state index is 9.17. The molecule has 1 N–H and O–H groups in total. The summed E-state index contributed by atoms with van der Waals surface area (Å²) in [6.45, 7) is 2.21. The van der Waals surface area contributed by atoms with E-state index in [-0.39, 0.29) is 6.61 Å². The predicted octanol–water partition coefficient (Wildman–Crippen LogP) is 2.73. The largest absolute Gasteiger partial charge is 0.395 e. The number of hydrogen-bond acceptors (Lipinski definition) is 3. The lowest BCUT2D eigenvalue weighted by Crippen LogP contribution is -2.26. The molecule has 0 aliphatic rings. The Balaban J connectivity index is 2.06. The van der Waals surface area contributed by atoms with Crippen molar-refractivity contribution >= 4 is 11.6 Å². The molecule has 0 saturated heterocycles. The van der Waals surface area contributed by atoms with E-state index in [2.05, 4.69) is 22.0 Å². The van der Waals surface area contributed by atoms with Gasteiger partial charge >= 0.3 is 0 Å². The number of aromatic nitrogens is 1. The van der Waals surface area contributed by atoms with Gasteiger partial charge in [0.15, 0.2) is 0 Å². The van der Waals surface area contributed by atoms with Crippen LogP contribution in [0.5, 0.6) is 0 Å². The van der Waals surface area contributed by atoms with Crippen molar-refractivity contribution in [2.45, 2.75) is 13.1 Å². The van der Waals surface area contributed by atoms with Crippen molar-refractivity contribution in [2.75, 3.05) is 13.2 Å². The molecule has 3 nitrogen and oxygen atoms in total. The van der Waals surface area contributed by atoms with E-state index in [1.54, 1.807) is 6.20 Å². The van der Waals surface area contributed by atoms with Crippen molar-refractivity contribution in [2.24, 2.45) is 0 Å². The first-order valence-electron chi connectivity index (χ1n) is 6.26. The molecule has 0 bridgehead atoms. The summed E-state index contributed by atoms with van der Waals surface area (Å²) in [6.07, 6.45) is 1.68. The maximum Gasteiger partial charge on any atom is 0.133 e. The molecular formula is C15H17ClN2O. The van der Waals surface area contributed by atoms with E-state index in [9.17, 15) is 5.11 Å². The first kappa shape index (κ1) is 14.0. The van der Waals surface area contributed by atoms with Crippen molar-refractivity contribution in [1.29, 1.82) is 0 Å². The minimum atomic E-state index is 0.130. The summed E-state index contributed by atoms with van der Waals surface area (Å²) < 4.78 is 0. The third kappa shape index (κ3) is 4.31. The molecule has 2 rings (SSSR count). The molecule has 19 heavy (non-hydrogen) atoms. The van der Waals surface area contributed by atoms with Gasteiger partial charge in [0.05, 0.1) is 6.61 Å². The van der Waals surface area contributed by atoms with Gasteiger partial charge in [-0.25, -0.2) is 4.98 Å². The second kappa shape index (κ2) is 7.24. The molecule has 0 atom stereocenters. The standard InChI is InChI=1S/C15H17ClN2O/c16-15-14(7-4-8-17-15)12-18(9-10-19)11-13-5-2-1-3-6-13/h1-8,19H,9-12H2. The number of nitrogens with zero attached hydrogens (tertiary/aromatic N) is 2. The van der Waals surface area contributed by atoms with Crippen molar-refractivity contribution in [3.8, 4) is 0 Å². The van der Waals surface area contributed by atoms with Crippen LogP contribution in [0.15, 0.2) is 48.7 Å². The number of pyridine rings is 1. The van der Waals surface area contributed by atoms with Gasteiger partial charge in [-0.15, -0.1) is 0 Å². The van der Waals surface area contributed by atoms with Gasteiger partial charge < -0.3 is 5.11 Å². The molecule has 1 heterocycles. The van der Waals surface area contributed by atoms with E-state index >= 15 is 0 Å². The molecule has 0 unspecified atom stereocenters. The van der Waals surface area contributed by atoms with Crippen molar-refractivity contribution < 1.29 is 5.11 Å². The number of halogens is 1. The molecular weight excluding hydrogens is 260 g/mol. The minimum absolute atomic E-state index is 0.130. The summed E-state index contributed by atoms with van der Waals surface area (Å²) in [6, 6.07) is 14.0. The molecule has 0 spiro atoms. The minimum Gasteiger partial charge on any atom is -0.395 e. The zero-order valence-electron chi connectivity index (χ0n) is 10.7. The van der Waals surface area contributed by atoms with Gasteiger partial charge in [0.1, 0.15) is 5.15 Å². The van der Waals surface area contributed by atoms with Crippen molar-refractivity contribution in [3.05, 3.63) is 64.9 Å². The van der Waals surface area contributed by atoms with Crippen LogP contribution in [0.2, 0.25) is 5.15 Å². The molecule has 0 aliphatic heterocycles. The van der Waals surface area contributed by atoms with Crippen LogP contribution in [-0.4, -0.2) is 28.1 Å². The summed E-state index contributed by atoms with van der Waals surface area (Å²) in [5.41, 5.74) is 2.20. The molecule has 0 amide bonds. The Kier molecular flexibility index (Phi) is 5.33. The number of hydrogen-bond donors (Lipinski definition) is 1. The van der Waals surface area contributed by atoms with Crippen LogP contribution in [0.25, 0.3) is 0 Å². The van der Waals surface area contributed by atoms with E-state index in [1.165, 1.54) is 5.56 Å². The summed E-state index contributed by atoms with van der Waals surface area (Å²) in [7, 11) is 0. The van der Waals surface area contributed by atoms with E-state index in [0.29, 0.717) is 18.2 Å². The maximum atomic E-state index is 9.17. The Morgan fingerprint density at radius 1 is 1.05 bits per heavy atom. The number of aliphatic hydroxyl groups is 1. The van der Waals surface area contributed by atoms with Crippen LogP contribution in [0, 0.1) is 0 Å². The third-order valence-electron chi connectivity index (χ3n) is 2.90. The average Bonchev–Trinajstić information content (AvgIpc) is 2.43. The lowest BCUT2D eigenvalue weighted by atomic mass is 10.2. The SMILES string of the molecule is OCCN(Cc1ccccc1)Cc1cccnc1Cl. The number of benzene rings is 1. The molecule has 100 valence electrons. The van der Waals surface area contributed by atoms with Gasteiger partial charge in [-0.1, -0.05) is 48.0 Å². The fourth-order valence-electron chi connectivity index (χ4n) is 1.98. The van der Waals surface area contributed by atoms with Gasteiger partial charge in [-0.2, -0.15) is 0 Å². The summed E-state index contributed by atoms with van der Waals surface area (Å²) in [5, 5.41) is 9.70. The first-order chi connectivity index (χ1) is 9.29. The van der Waals surface area contributed by atoms with E-state index in [1.807, 2.05) is 30.3 Å². The van der Waals surface area contributed by atoms with Crippen LogP contribution in [0.1, 0.15) is 11.1 Å². The molecule has 4 heteroatoms. The Morgan fingerprint density at radius 2 is 1.84 bits per heavy atom. The van der Waals surface area contributed by atoms with E-state index in [0.717, 1.165) is 12.1 Å². The summed E-state index contributed by atoms with van der Waals surface area (Å²) in [4.78, 5) is 6.23. The lowest BCUT2D eigenvalue weighted by Gasteiger charge is -2.21. The zero-order chi connectivity index (χ0) is 13.5. The fourth-order valence-corrected chi connectivity index (χ4v) is 2.15. The topological polar surface area (TPSA) is 36.4 Å². The highest BCUT2D eigenvalue weighted by atomic mass is 35.5. The first-order valence-corrected chi connectivity index (χ1v) is 6.64. The highest BCUT2D eigenvalue weighted by Crippen LogP contribution is 2.15. The van der Waals surface area contributed by atoms with Gasteiger partial charge in [-0.3, -0.25) is 4.90 Å². The highest BCUT2D eigenvalue weighted by Gasteiger charge is 2.09. The zero-order valence-corrected chi connectivity index (χ0v) is 11.4. The van der Waals surface area contributed by atoms with Gasteiger partial charge in [0.25, 0.3) is 0 Å². The molecule has 1 aromatic heterocycles. The molecule has 1 aromatic carbocycles. The van der Waals surface area contributed by atoms with Crippen LogP contribution >= 0.6 is 11.6 Å². The normalized spacial score (nSPS) is 10.9. The Bertz CT molecular complexity index is 505. The smallest absolute Gasteiger partial charge is 0.133 e. The van der Waals surface area contributed by atoms with Crippen LogP contribution in [0.4, 0.5) is 0 Å². The van der Waals surface area contributed by atoms with E-state index in [4.69, 9.17) is 11.6 Å². The van der Waals surface area contributed by atoms with Crippen molar-refractivity contribution in [1.82, 2.24) is 9.88 Å². The Morgan fingerprint density at radius 3 is 2.53 bits per heavy atom. The molecule has 0 radical (unpaired) electrons. The van der Waals surface area contributed by atoms with Crippen molar-refractivity contribution in [3.63, 3.8) is 0 Å². The molecule has 0 saturated carbocycles. The molecule has 0 fully saturated rings. The highest BCUT2D eigenvalue weighted by molar-refractivity contribution is 6.30. The average molecular weight is 277 g/mol. The van der Waals surface area contributed by atoms with Crippen LogP contribution in [-0.2, 0) is 13.1 Å². The second-order valence-corrected chi connectivity index (χ2v) is 4.73. The monoisotopic (exact) mass is 276 g/mol. The quantitative estimate of drug-likeness (QED) is 0.824. The lowest BCUT2D eigenvalue weighted by molar-refractivity contribution is 0.184. The van der Waals surface area contributed by atoms with Gasteiger partial charge in [0.2, 0.25) is 0 Å².